The van der Waals surface area contributed by atoms with Crippen molar-refractivity contribution in [2.75, 3.05) is 19.8 Å². The Morgan fingerprint density at radius 2 is 1.62 bits per heavy atom. The van der Waals surface area contributed by atoms with Crippen molar-refractivity contribution in [2.45, 2.75) is 89.4 Å². The van der Waals surface area contributed by atoms with E-state index in [1.165, 1.54) is 16.7 Å². The number of Topliss-reactive ketones (excluding diaryl/α,β-unsaturated/α-hetero) is 1. The van der Waals surface area contributed by atoms with Crippen molar-refractivity contribution < 1.29 is 19.4 Å². The number of ether oxygens (including phenoxy) is 2. The summed E-state index contributed by atoms with van der Waals surface area (Å²) >= 11 is 0. The van der Waals surface area contributed by atoms with Crippen LogP contribution in [0.4, 0.5) is 0 Å². The number of benzene rings is 2. The Morgan fingerprint density at radius 3 is 2.24 bits per heavy atom. The van der Waals surface area contributed by atoms with Crippen molar-refractivity contribution in [3.8, 4) is 0 Å². The fourth-order valence-electron chi connectivity index (χ4n) is 4.49. The standard InChI is InChI=1S/C31H44O4S2/c1-5-31(6-2)22-34-29(35-23-31)26-14-11-24(12-15-26)13-16-28(33)17-19-30(3,4)37-36-21-27-10-8-7-9-25(27)18-20-32/h7-12,14-15,29,32H,5-6,13,16-23H2,1-4H3. The van der Waals surface area contributed by atoms with Crippen molar-refractivity contribution in [1.29, 1.82) is 0 Å². The molecule has 6 heteroatoms. The smallest absolute Gasteiger partial charge is 0.183 e. The van der Waals surface area contributed by atoms with E-state index >= 15 is 0 Å². The van der Waals surface area contributed by atoms with Crippen LogP contribution in [-0.4, -0.2) is 35.5 Å². The largest absolute Gasteiger partial charge is 0.396 e. The van der Waals surface area contributed by atoms with Crippen LogP contribution < -0.4 is 0 Å². The Bertz CT molecular complexity index is 959. The molecule has 2 aromatic rings. The molecule has 4 nitrogen and oxygen atoms in total. The zero-order valence-electron chi connectivity index (χ0n) is 23.0. The summed E-state index contributed by atoms with van der Waals surface area (Å²) < 4.78 is 12.1. The first-order chi connectivity index (χ1) is 17.8. The van der Waals surface area contributed by atoms with Gasteiger partial charge in [0.25, 0.3) is 0 Å². The van der Waals surface area contributed by atoms with Gasteiger partial charge in [-0.1, -0.05) is 84.0 Å². The Hall–Kier alpha value is -1.31. The lowest BCUT2D eigenvalue weighted by Crippen LogP contribution is -2.37. The summed E-state index contributed by atoms with van der Waals surface area (Å²) in [6.45, 7) is 10.5. The molecule has 0 aliphatic carbocycles. The minimum absolute atomic E-state index is 0.0288. The fraction of sp³-hybridized carbons (Fsp3) is 0.581. The average Bonchev–Trinajstić information content (AvgIpc) is 2.92. The Balaban J connectivity index is 1.37. The third-order valence-corrected chi connectivity index (χ3v) is 10.8. The zero-order valence-corrected chi connectivity index (χ0v) is 24.6. The molecule has 0 amide bonds. The van der Waals surface area contributed by atoms with E-state index in [1.807, 2.05) is 27.7 Å². The maximum atomic E-state index is 12.6. The number of hydrogen-bond donors (Lipinski definition) is 1. The highest BCUT2D eigenvalue weighted by molar-refractivity contribution is 8.76. The van der Waals surface area contributed by atoms with Crippen molar-refractivity contribution >= 4 is 27.4 Å². The first-order valence-corrected chi connectivity index (χ1v) is 15.9. The number of rotatable bonds is 15. The van der Waals surface area contributed by atoms with E-state index in [0.717, 1.165) is 50.2 Å². The van der Waals surface area contributed by atoms with E-state index in [9.17, 15) is 9.90 Å². The van der Waals surface area contributed by atoms with Crippen LogP contribution in [0.3, 0.4) is 0 Å². The number of aryl methyl sites for hydroxylation is 1. The van der Waals surface area contributed by atoms with Gasteiger partial charge in [0.1, 0.15) is 5.78 Å². The number of ketones is 1. The summed E-state index contributed by atoms with van der Waals surface area (Å²) in [5.74, 6) is 1.23. The van der Waals surface area contributed by atoms with Gasteiger partial charge in [-0.25, -0.2) is 0 Å². The van der Waals surface area contributed by atoms with Crippen LogP contribution in [0.5, 0.6) is 0 Å². The predicted molar refractivity (Wildman–Crippen MR) is 157 cm³/mol. The summed E-state index contributed by atoms with van der Waals surface area (Å²) in [5.41, 5.74) is 4.87. The summed E-state index contributed by atoms with van der Waals surface area (Å²) in [5, 5.41) is 9.28. The lowest BCUT2D eigenvalue weighted by molar-refractivity contribution is -0.235. The highest BCUT2D eigenvalue weighted by atomic mass is 33.1. The molecule has 0 saturated carbocycles. The number of aliphatic hydroxyl groups excluding tert-OH is 1. The van der Waals surface area contributed by atoms with Gasteiger partial charge >= 0.3 is 0 Å². The molecule has 37 heavy (non-hydrogen) atoms. The normalized spacial score (nSPS) is 16.1. The van der Waals surface area contributed by atoms with Crippen molar-refractivity contribution in [1.82, 2.24) is 0 Å². The van der Waals surface area contributed by atoms with Gasteiger partial charge in [-0.15, -0.1) is 0 Å². The van der Waals surface area contributed by atoms with E-state index in [0.29, 0.717) is 25.0 Å². The highest BCUT2D eigenvalue weighted by Gasteiger charge is 2.34. The number of carbonyl (C=O) groups excluding carboxylic acids is 1. The molecular weight excluding hydrogens is 500 g/mol. The maximum absolute atomic E-state index is 12.6. The molecule has 0 radical (unpaired) electrons. The molecule has 0 atom stereocenters. The zero-order chi connectivity index (χ0) is 26.7. The lowest BCUT2D eigenvalue weighted by Gasteiger charge is -2.39. The first kappa shape index (κ1) is 30.2. The molecule has 1 aliphatic heterocycles. The summed E-state index contributed by atoms with van der Waals surface area (Å²) in [6.07, 6.45) is 5.37. The molecule has 1 fully saturated rings. The van der Waals surface area contributed by atoms with Gasteiger partial charge < -0.3 is 14.6 Å². The van der Waals surface area contributed by atoms with Crippen molar-refractivity contribution in [2.24, 2.45) is 5.41 Å². The van der Waals surface area contributed by atoms with Crippen LogP contribution in [0.25, 0.3) is 0 Å². The van der Waals surface area contributed by atoms with Crippen LogP contribution in [0.15, 0.2) is 48.5 Å². The van der Waals surface area contributed by atoms with E-state index in [-0.39, 0.29) is 23.1 Å². The van der Waals surface area contributed by atoms with E-state index < -0.39 is 0 Å². The third-order valence-electron chi connectivity index (χ3n) is 7.53. The molecule has 3 rings (SSSR count). The summed E-state index contributed by atoms with van der Waals surface area (Å²) in [6, 6.07) is 16.7. The molecule has 2 aromatic carbocycles. The minimum Gasteiger partial charge on any atom is -0.396 e. The van der Waals surface area contributed by atoms with Crippen LogP contribution in [0, 0.1) is 5.41 Å². The summed E-state index contributed by atoms with van der Waals surface area (Å²) in [7, 11) is 3.69. The third kappa shape index (κ3) is 9.43. The van der Waals surface area contributed by atoms with Crippen LogP contribution in [0.2, 0.25) is 0 Å². The van der Waals surface area contributed by atoms with Gasteiger partial charge in [0.05, 0.1) is 13.2 Å². The van der Waals surface area contributed by atoms with Gasteiger partial charge in [0.2, 0.25) is 0 Å². The Kier molecular flexibility index (Phi) is 12.0. The van der Waals surface area contributed by atoms with Gasteiger partial charge in [0.15, 0.2) is 6.29 Å². The van der Waals surface area contributed by atoms with Crippen LogP contribution >= 0.6 is 21.6 Å². The van der Waals surface area contributed by atoms with Crippen molar-refractivity contribution in [3.05, 3.63) is 70.8 Å². The monoisotopic (exact) mass is 544 g/mol. The predicted octanol–water partition coefficient (Wildman–Crippen LogP) is 7.72. The SMILES string of the molecule is CCC1(CC)COC(c2ccc(CCC(=O)CCC(C)(C)SSCc3ccccc3CCO)cc2)OC1. The van der Waals surface area contributed by atoms with Gasteiger partial charge in [-0.2, -0.15) is 0 Å². The Labute approximate surface area is 231 Å². The number of carbonyl (C=O) groups is 1. The number of aliphatic hydroxyl groups is 1. The lowest BCUT2D eigenvalue weighted by atomic mass is 9.83. The van der Waals surface area contributed by atoms with Gasteiger partial charge in [0, 0.05) is 40.9 Å². The fourth-order valence-corrected chi connectivity index (χ4v) is 7.23. The van der Waals surface area contributed by atoms with E-state index in [4.69, 9.17) is 9.47 Å². The molecule has 0 bridgehead atoms. The molecule has 0 aromatic heterocycles. The van der Waals surface area contributed by atoms with Gasteiger partial charge in [-0.05, 0) is 62.6 Å². The van der Waals surface area contributed by atoms with Crippen molar-refractivity contribution in [3.63, 3.8) is 0 Å². The molecule has 1 heterocycles. The first-order valence-electron chi connectivity index (χ1n) is 13.6. The van der Waals surface area contributed by atoms with Crippen LogP contribution in [-0.2, 0) is 32.9 Å². The number of hydrogen-bond acceptors (Lipinski definition) is 6. The molecule has 0 spiro atoms. The van der Waals surface area contributed by atoms with Crippen LogP contribution in [0.1, 0.15) is 88.3 Å². The second-order valence-electron chi connectivity index (χ2n) is 10.8. The van der Waals surface area contributed by atoms with Gasteiger partial charge in [-0.3, -0.25) is 4.79 Å². The summed E-state index contributed by atoms with van der Waals surface area (Å²) in [4.78, 5) is 12.6. The highest BCUT2D eigenvalue weighted by Crippen LogP contribution is 2.41. The quantitative estimate of drug-likeness (QED) is 0.232. The second-order valence-corrected chi connectivity index (χ2v) is 13.8. The average molecular weight is 545 g/mol. The maximum Gasteiger partial charge on any atom is 0.183 e. The molecule has 204 valence electrons. The van der Waals surface area contributed by atoms with E-state index in [1.54, 1.807) is 0 Å². The Morgan fingerprint density at radius 1 is 0.973 bits per heavy atom. The molecule has 1 aliphatic rings. The minimum atomic E-state index is -0.289. The molecule has 1 N–H and O–H groups in total. The second kappa shape index (κ2) is 14.7. The molecule has 1 saturated heterocycles. The molecule has 0 unspecified atom stereocenters. The topological polar surface area (TPSA) is 55.8 Å². The molecular formula is C31H44O4S2. The van der Waals surface area contributed by atoms with E-state index in [2.05, 4.69) is 70.2 Å².